The van der Waals surface area contributed by atoms with Crippen molar-refractivity contribution in [3.63, 3.8) is 0 Å². The molecule has 0 N–H and O–H groups in total. The molecule has 0 spiro atoms. The van der Waals surface area contributed by atoms with Gasteiger partial charge in [-0.1, -0.05) is 32.9 Å². The highest BCUT2D eigenvalue weighted by Gasteiger charge is 2.18. The van der Waals surface area contributed by atoms with Crippen molar-refractivity contribution in [2.24, 2.45) is 0 Å². The van der Waals surface area contributed by atoms with E-state index in [4.69, 9.17) is 9.47 Å². The van der Waals surface area contributed by atoms with E-state index in [2.05, 4.69) is 31.9 Å². The molecule has 0 amide bonds. The Bertz CT molecular complexity index is 645. The largest absolute Gasteiger partial charge is 0.479 e. The van der Waals surface area contributed by atoms with Gasteiger partial charge in [0.05, 0.1) is 6.61 Å². The number of nitrogens with zero attached hydrogens (tertiary/aromatic N) is 2. The molecule has 1 aromatic heterocycles. The lowest BCUT2D eigenvalue weighted by Gasteiger charge is -2.20. The summed E-state index contributed by atoms with van der Waals surface area (Å²) in [5.41, 5.74) is 1.20. The summed E-state index contributed by atoms with van der Waals surface area (Å²) in [4.78, 5) is 12.0. The molecule has 0 aliphatic heterocycles. The third kappa shape index (κ3) is 5.41. The van der Waals surface area contributed by atoms with E-state index in [0.29, 0.717) is 12.4 Å². The Labute approximate surface area is 143 Å². The maximum Gasteiger partial charge on any atom is 0.347 e. The van der Waals surface area contributed by atoms with Gasteiger partial charge in [-0.25, -0.2) is 4.79 Å². The summed E-state index contributed by atoms with van der Waals surface area (Å²) in [6.07, 6.45) is 3.70. The fourth-order valence-corrected chi connectivity index (χ4v) is 2.24. The molecule has 0 saturated heterocycles. The van der Waals surface area contributed by atoms with Crippen LogP contribution in [0.3, 0.4) is 0 Å². The molecule has 1 aromatic carbocycles. The van der Waals surface area contributed by atoms with E-state index in [9.17, 15) is 4.79 Å². The average Bonchev–Trinajstić information content (AvgIpc) is 3.04. The van der Waals surface area contributed by atoms with Crippen molar-refractivity contribution in [2.75, 3.05) is 6.61 Å². The SMILES string of the molecule is CC(Oc1cccc(C(C)(C)C)c1)C(=O)OCCCn1cccn1. The van der Waals surface area contributed by atoms with Gasteiger partial charge in [-0.2, -0.15) is 5.10 Å². The van der Waals surface area contributed by atoms with E-state index < -0.39 is 6.10 Å². The molecule has 5 nitrogen and oxygen atoms in total. The molecule has 0 bridgehead atoms. The first-order chi connectivity index (χ1) is 11.4. The summed E-state index contributed by atoms with van der Waals surface area (Å²) < 4.78 is 12.8. The number of carbonyl (C=O) groups is 1. The summed E-state index contributed by atoms with van der Waals surface area (Å²) >= 11 is 0. The fraction of sp³-hybridized carbons (Fsp3) is 0.474. The standard InChI is InChI=1S/C19H26N2O3/c1-15(18(22)23-13-7-12-21-11-6-10-20-21)24-17-9-5-8-16(14-17)19(2,3)4/h5-6,8-11,14-15H,7,12-13H2,1-4H3. The molecule has 24 heavy (non-hydrogen) atoms. The lowest BCUT2D eigenvalue weighted by atomic mass is 9.87. The normalized spacial score (nSPS) is 12.7. The van der Waals surface area contributed by atoms with Crippen LogP contribution in [0, 0.1) is 0 Å². The Morgan fingerprint density at radius 3 is 2.75 bits per heavy atom. The topological polar surface area (TPSA) is 53.4 Å². The second-order valence-corrected chi connectivity index (χ2v) is 6.83. The van der Waals surface area contributed by atoms with Crippen LogP contribution in [0.25, 0.3) is 0 Å². The number of carbonyl (C=O) groups excluding carboxylic acids is 1. The Hall–Kier alpha value is -2.30. The number of aromatic nitrogens is 2. The zero-order chi connectivity index (χ0) is 17.6. The summed E-state index contributed by atoms with van der Waals surface area (Å²) in [6, 6.07) is 9.70. The van der Waals surface area contributed by atoms with E-state index in [1.807, 2.05) is 35.1 Å². The van der Waals surface area contributed by atoms with E-state index in [1.54, 1.807) is 13.1 Å². The number of aryl methyl sites for hydroxylation is 1. The minimum Gasteiger partial charge on any atom is -0.479 e. The second-order valence-electron chi connectivity index (χ2n) is 6.83. The van der Waals surface area contributed by atoms with Crippen molar-refractivity contribution in [1.29, 1.82) is 0 Å². The van der Waals surface area contributed by atoms with Crippen LogP contribution in [0.4, 0.5) is 0 Å². The Kier molecular flexibility index (Phi) is 6.01. The monoisotopic (exact) mass is 330 g/mol. The smallest absolute Gasteiger partial charge is 0.347 e. The predicted molar refractivity (Wildman–Crippen MR) is 93.0 cm³/mol. The lowest BCUT2D eigenvalue weighted by Crippen LogP contribution is -2.26. The fourth-order valence-electron chi connectivity index (χ4n) is 2.24. The van der Waals surface area contributed by atoms with Gasteiger partial charge in [0.2, 0.25) is 0 Å². The molecule has 0 aliphatic carbocycles. The van der Waals surface area contributed by atoms with Gasteiger partial charge in [-0.15, -0.1) is 0 Å². The summed E-state index contributed by atoms with van der Waals surface area (Å²) in [7, 11) is 0. The summed E-state index contributed by atoms with van der Waals surface area (Å²) in [6.45, 7) is 9.22. The molecule has 0 saturated carbocycles. The van der Waals surface area contributed by atoms with E-state index >= 15 is 0 Å². The Morgan fingerprint density at radius 2 is 2.08 bits per heavy atom. The molecule has 0 radical (unpaired) electrons. The van der Waals surface area contributed by atoms with Crippen molar-refractivity contribution >= 4 is 5.97 Å². The molecule has 0 fully saturated rings. The van der Waals surface area contributed by atoms with Crippen LogP contribution in [-0.4, -0.2) is 28.5 Å². The number of benzene rings is 1. The third-order valence-electron chi connectivity index (χ3n) is 3.68. The number of hydrogen-bond acceptors (Lipinski definition) is 4. The van der Waals surface area contributed by atoms with Gasteiger partial charge >= 0.3 is 5.97 Å². The van der Waals surface area contributed by atoms with Gasteiger partial charge in [-0.05, 0) is 36.1 Å². The molecule has 0 aliphatic rings. The Morgan fingerprint density at radius 1 is 1.29 bits per heavy atom. The van der Waals surface area contributed by atoms with Crippen LogP contribution in [0.2, 0.25) is 0 Å². The van der Waals surface area contributed by atoms with Crippen molar-refractivity contribution in [3.05, 3.63) is 48.3 Å². The average molecular weight is 330 g/mol. The van der Waals surface area contributed by atoms with Gasteiger partial charge < -0.3 is 9.47 Å². The van der Waals surface area contributed by atoms with Crippen molar-refractivity contribution in [1.82, 2.24) is 9.78 Å². The number of rotatable bonds is 7. The molecule has 1 heterocycles. The van der Waals surface area contributed by atoms with Crippen LogP contribution in [0.15, 0.2) is 42.7 Å². The van der Waals surface area contributed by atoms with Crippen LogP contribution >= 0.6 is 0 Å². The first-order valence-corrected chi connectivity index (χ1v) is 8.27. The van der Waals surface area contributed by atoms with Gasteiger partial charge in [0.25, 0.3) is 0 Å². The molecule has 1 unspecified atom stereocenters. The first kappa shape index (κ1) is 18.0. The number of ether oxygens (including phenoxy) is 2. The third-order valence-corrected chi connectivity index (χ3v) is 3.68. The predicted octanol–water partition coefficient (Wildman–Crippen LogP) is 3.58. The van der Waals surface area contributed by atoms with Crippen molar-refractivity contribution < 1.29 is 14.3 Å². The van der Waals surface area contributed by atoms with Gasteiger partial charge in [0.15, 0.2) is 6.10 Å². The van der Waals surface area contributed by atoms with Crippen LogP contribution in [0.5, 0.6) is 5.75 Å². The summed E-state index contributed by atoms with van der Waals surface area (Å²) in [5, 5.41) is 4.10. The van der Waals surface area contributed by atoms with Crippen LogP contribution in [-0.2, 0) is 21.5 Å². The van der Waals surface area contributed by atoms with Gasteiger partial charge in [-0.3, -0.25) is 4.68 Å². The highest BCUT2D eigenvalue weighted by Crippen LogP contribution is 2.26. The minimum atomic E-state index is -0.634. The first-order valence-electron chi connectivity index (χ1n) is 8.27. The molecule has 5 heteroatoms. The highest BCUT2D eigenvalue weighted by molar-refractivity contribution is 5.74. The van der Waals surface area contributed by atoms with Crippen molar-refractivity contribution in [3.8, 4) is 5.75 Å². The van der Waals surface area contributed by atoms with E-state index in [1.165, 1.54) is 5.56 Å². The number of hydrogen-bond donors (Lipinski definition) is 0. The second kappa shape index (κ2) is 7.99. The zero-order valence-corrected chi connectivity index (χ0v) is 14.9. The van der Waals surface area contributed by atoms with E-state index in [-0.39, 0.29) is 11.4 Å². The lowest BCUT2D eigenvalue weighted by molar-refractivity contribution is -0.151. The molecule has 1 atom stereocenters. The molecular formula is C19H26N2O3. The van der Waals surface area contributed by atoms with Gasteiger partial charge in [0.1, 0.15) is 5.75 Å². The zero-order valence-electron chi connectivity index (χ0n) is 14.9. The minimum absolute atomic E-state index is 0.0373. The van der Waals surface area contributed by atoms with E-state index in [0.717, 1.165) is 13.0 Å². The molecule has 2 rings (SSSR count). The molecule has 130 valence electrons. The highest BCUT2D eigenvalue weighted by atomic mass is 16.6. The molecule has 2 aromatic rings. The summed E-state index contributed by atoms with van der Waals surface area (Å²) in [5.74, 6) is 0.333. The maximum atomic E-state index is 12.0. The van der Waals surface area contributed by atoms with Gasteiger partial charge in [0, 0.05) is 25.4 Å². The van der Waals surface area contributed by atoms with Crippen LogP contribution < -0.4 is 4.74 Å². The molecular weight excluding hydrogens is 304 g/mol. The Balaban J connectivity index is 1.79. The number of esters is 1. The van der Waals surface area contributed by atoms with Crippen LogP contribution in [0.1, 0.15) is 39.7 Å². The van der Waals surface area contributed by atoms with Crippen molar-refractivity contribution in [2.45, 2.75) is 52.2 Å². The maximum absolute atomic E-state index is 12.0. The quantitative estimate of drug-likeness (QED) is 0.575.